The molecule has 0 aromatic heterocycles. The molecule has 1 fully saturated rings. The first-order valence-corrected chi connectivity index (χ1v) is 11.2. The Morgan fingerprint density at radius 2 is 1.69 bits per heavy atom. The van der Waals surface area contributed by atoms with Crippen LogP contribution in [0.25, 0.3) is 0 Å². The molecule has 172 valence electrons. The number of aliphatic hydroxyl groups excluding tert-OH is 1. The monoisotopic (exact) mass is 440 g/mol. The molecule has 0 spiro atoms. The molecule has 0 saturated heterocycles. The van der Waals surface area contributed by atoms with Gasteiger partial charge in [0.05, 0.1) is 14.2 Å². The van der Waals surface area contributed by atoms with Gasteiger partial charge in [-0.25, -0.2) is 0 Å². The largest absolute Gasteiger partial charge is 0.497 e. The highest BCUT2D eigenvalue weighted by Gasteiger charge is 2.30. The number of hydrogen-bond donors (Lipinski definition) is 1. The lowest BCUT2D eigenvalue weighted by Crippen LogP contribution is -2.42. The minimum absolute atomic E-state index is 0.163. The molecular formula is C25H32N2O5. The second-order valence-corrected chi connectivity index (χ2v) is 8.55. The van der Waals surface area contributed by atoms with E-state index in [2.05, 4.69) is 4.90 Å². The van der Waals surface area contributed by atoms with E-state index in [4.69, 9.17) is 14.2 Å². The third kappa shape index (κ3) is 5.65. The molecule has 1 amide bonds. The quantitative estimate of drug-likeness (QED) is 0.646. The molecule has 1 atom stereocenters. The summed E-state index contributed by atoms with van der Waals surface area (Å²) in [7, 11) is 3.27. The smallest absolute Gasteiger partial charge is 0.224 e. The zero-order valence-electron chi connectivity index (χ0n) is 18.8. The van der Waals surface area contributed by atoms with Crippen LogP contribution in [0.4, 0.5) is 5.69 Å². The van der Waals surface area contributed by atoms with Crippen LogP contribution in [0.15, 0.2) is 42.5 Å². The molecule has 0 bridgehead atoms. The number of carbonyl (C=O) groups is 1. The van der Waals surface area contributed by atoms with Crippen LogP contribution < -0.4 is 19.1 Å². The lowest BCUT2D eigenvalue weighted by molar-refractivity contribution is -0.132. The highest BCUT2D eigenvalue weighted by atomic mass is 16.5. The number of β-amino-alcohol motifs (C(OH)–C–C–N with tert-alkyl or cyclic N) is 1. The van der Waals surface area contributed by atoms with Crippen LogP contribution in [0, 0.1) is 5.92 Å². The van der Waals surface area contributed by atoms with Gasteiger partial charge >= 0.3 is 0 Å². The Labute approximate surface area is 189 Å². The van der Waals surface area contributed by atoms with E-state index in [1.807, 2.05) is 47.4 Å². The van der Waals surface area contributed by atoms with Crippen LogP contribution in [0.3, 0.4) is 0 Å². The average molecular weight is 441 g/mol. The molecule has 1 aliphatic heterocycles. The lowest BCUT2D eigenvalue weighted by Gasteiger charge is -2.34. The Morgan fingerprint density at radius 3 is 2.38 bits per heavy atom. The van der Waals surface area contributed by atoms with Crippen LogP contribution in [0.5, 0.6) is 17.2 Å². The van der Waals surface area contributed by atoms with Gasteiger partial charge in [0.25, 0.3) is 0 Å². The second kappa shape index (κ2) is 10.1. The van der Waals surface area contributed by atoms with Crippen molar-refractivity contribution in [3.05, 3.63) is 48.0 Å². The van der Waals surface area contributed by atoms with Crippen LogP contribution in [-0.2, 0) is 11.3 Å². The molecule has 2 aliphatic rings. The number of aliphatic hydroxyl groups is 1. The van der Waals surface area contributed by atoms with E-state index >= 15 is 0 Å². The first kappa shape index (κ1) is 22.3. The van der Waals surface area contributed by atoms with Gasteiger partial charge in [0.2, 0.25) is 5.91 Å². The molecular weight excluding hydrogens is 408 g/mol. The minimum Gasteiger partial charge on any atom is -0.497 e. The van der Waals surface area contributed by atoms with Gasteiger partial charge in [0.15, 0.2) is 0 Å². The van der Waals surface area contributed by atoms with E-state index < -0.39 is 6.10 Å². The number of ether oxygens (including phenoxy) is 3. The molecule has 1 aliphatic carbocycles. The van der Waals surface area contributed by atoms with Gasteiger partial charge in [-0.1, -0.05) is 0 Å². The van der Waals surface area contributed by atoms with Crippen molar-refractivity contribution in [2.75, 3.05) is 45.4 Å². The Morgan fingerprint density at radius 1 is 1.00 bits per heavy atom. The zero-order chi connectivity index (χ0) is 22.5. The number of rotatable bonds is 9. The van der Waals surface area contributed by atoms with Gasteiger partial charge in [0.1, 0.15) is 30.0 Å². The van der Waals surface area contributed by atoms with Crippen LogP contribution in [0.2, 0.25) is 0 Å². The summed E-state index contributed by atoms with van der Waals surface area (Å²) in [6.45, 7) is 2.49. The number of hydrogen-bond acceptors (Lipinski definition) is 6. The maximum Gasteiger partial charge on any atom is 0.224 e. The maximum atomic E-state index is 12.9. The topological polar surface area (TPSA) is 71.5 Å². The van der Waals surface area contributed by atoms with E-state index in [1.165, 1.54) is 12.8 Å². The Kier molecular flexibility index (Phi) is 7.05. The molecule has 0 radical (unpaired) electrons. The van der Waals surface area contributed by atoms with E-state index in [0.717, 1.165) is 29.3 Å². The van der Waals surface area contributed by atoms with E-state index in [9.17, 15) is 9.90 Å². The molecule has 7 heteroatoms. The summed E-state index contributed by atoms with van der Waals surface area (Å²) < 4.78 is 16.3. The number of anilines is 1. The molecule has 1 N–H and O–H groups in total. The summed E-state index contributed by atoms with van der Waals surface area (Å²) in [4.78, 5) is 16.9. The van der Waals surface area contributed by atoms with Crippen LogP contribution in [0.1, 0.15) is 24.8 Å². The van der Waals surface area contributed by atoms with Gasteiger partial charge in [0, 0.05) is 38.3 Å². The average Bonchev–Trinajstić information content (AvgIpc) is 3.63. The van der Waals surface area contributed by atoms with E-state index in [1.54, 1.807) is 14.2 Å². The number of nitrogens with zero attached hydrogens (tertiary/aromatic N) is 2. The van der Waals surface area contributed by atoms with Crippen LogP contribution >= 0.6 is 0 Å². The van der Waals surface area contributed by atoms with Crippen molar-refractivity contribution in [2.45, 2.75) is 31.9 Å². The normalized spacial score (nSPS) is 17.3. The van der Waals surface area contributed by atoms with Crippen molar-refractivity contribution in [1.29, 1.82) is 0 Å². The van der Waals surface area contributed by atoms with Gasteiger partial charge in [-0.15, -0.1) is 0 Å². The molecule has 32 heavy (non-hydrogen) atoms. The third-order valence-electron chi connectivity index (χ3n) is 6.05. The van der Waals surface area contributed by atoms with E-state index in [-0.39, 0.29) is 12.5 Å². The summed E-state index contributed by atoms with van der Waals surface area (Å²) in [5.41, 5.74) is 2.07. The fraction of sp³-hybridized carbons (Fsp3) is 0.480. The van der Waals surface area contributed by atoms with Gasteiger partial charge in [-0.3, -0.25) is 4.79 Å². The SMILES string of the molecule is COc1ccc(OCC(O)CN2CCC(=O)N(CC3CC3)Cc3cc(OC)ccc32)cc1. The fourth-order valence-electron chi connectivity index (χ4n) is 4.07. The number of amides is 1. The minimum atomic E-state index is -0.704. The molecule has 2 aromatic rings. The number of methoxy groups -OCH3 is 2. The fourth-order valence-corrected chi connectivity index (χ4v) is 4.07. The summed E-state index contributed by atoms with van der Waals surface area (Å²) in [5, 5.41) is 10.7. The second-order valence-electron chi connectivity index (χ2n) is 8.55. The summed E-state index contributed by atoms with van der Waals surface area (Å²) in [6, 6.07) is 13.2. The lowest BCUT2D eigenvalue weighted by atomic mass is 10.1. The van der Waals surface area contributed by atoms with Crippen molar-refractivity contribution in [1.82, 2.24) is 4.90 Å². The molecule has 2 aromatic carbocycles. The highest BCUT2D eigenvalue weighted by molar-refractivity contribution is 5.78. The third-order valence-corrected chi connectivity index (χ3v) is 6.05. The molecule has 1 unspecified atom stereocenters. The number of carbonyl (C=O) groups excluding carboxylic acids is 1. The van der Waals surface area contributed by atoms with Crippen molar-refractivity contribution in [2.24, 2.45) is 5.92 Å². The summed E-state index contributed by atoms with van der Waals surface area (Å²) >= 11 is 0. The van der Waals surface area contributed by atoms with Crippen molar-refractivity contribution in [3.63, 3.8) is 0 Å². The highest BCUT2D eigenvalue weighted by Crippen LogP contribution is 2.33. The molecule has 4 rings (SSSR count). The molecule has 7 nitrogen and oxygen atoms in total. The Balaban J connectivity index is 1.45. The Hall–Kier alpha value is -2.93. The zero-order valence-corrected chi connectivity index (χ0v) is 18.8. The van der Waals surface area contributed by atoms with Crippen molar-refractivity contribution < 1.29 is 24.1 Å². The number of fused-ring (bicyclic) bond motifs is 1. The standard InChI is InChI=1S/C25H32N2O5/c1-30-21-5-7-22(8-6-21)32-17-20(28)16-26-12-11-25(29)27(14-18-3-4-18)15-19-13-23(31-2)9-10-24(19)26/h5-10,13,18,20,28H,3-4,11-12,14-17H2,1-2H3. The predicted molar refractivity (Wildman–Crippen MR) is 122 cm³/mol. The van der Waals surface area contributed by atoms with Crippen molar-refractivity contribution >= 4 is 11.6 Å². The summed E-state index contributed by atoms with van der Waals surface area (Å²) in [6.07, 6.45) is 2.15. The maximum absolute atomic E-state index is 12.9. The van der Waals surface area contributed by atoms with Gasteiger partial charge in [-0.2, -0.15) is 0 Å². The van der Waals surface area contributed by atoms with Gasteiger partial charge < -0.3 is 29.1 Å². The first-order valence-electron chi connectivity index (χ1n) is 11.2. The molecule has 1 heterocycles. The van der Waals surface area contributed by atoms with Crippen LogP contribution in [-0.4, -0.2) is 62.5 Å². The van der Waals surface area contributed by atoms with E-state index in [0.29, 0.717) is 37.7 Å². The summed E-state index contributed by atoms with van der Waals surface area (Å²) in [5.74, 6) is 3.01. The number of benzene rings is 2. The van der Waals surface area contributed by atoms with Gasteiger partial charge in [-0.05, 0) is 66.8 Å². The molecule has 1 saturated carbocycles. The first-order chi connectivity index (χ1) is 15.6. The van der Waals surface area contributed by atoms with Crippen molar-refractivity contribution in [3.8, 4) is 17.2 Å². The Bertz CT molecular complexity index is 913. The predicted octanol–water partition coefficient (Wildman–Crippen LogP) is 3.09.